The van der Waals surface area contributed by atoms with Gasteiger partial charge in [-0.1, -0.05) is 49.4 Å². The van der Waals surface area contributed by atoms with Gasteiger partial charge in [-0.05, 0) is 81.7 Å². The lowest BCUT2D eigenvalue weighted by atomic mass is 9.58. The van der Waals surface area contributed by atoms with Crippen molar-refractivity contribution in [3.63, 3.8) is 0 Å². The maximum absolute atomic E-state index is 10.8. The zero-order valence-electron chi connectivity index (χ0n) is 18.8. The lowest BCUT2D eigenvalue weighted by molar-refractivity contribution is -0.0457. The summed E-state index contributed by atoms with van der Waals surface area (Å²) in [4.78, 5) is 2.66. The van der Waals surface area contributed by atoms with Gasteiger partial charge in [-0.2, -0.15) is 0 Å². The second-order valence-corrected chi connectivity index (χ2v) is 9.79. The van der Waals surface area contributed by atoms with Crippen LogP contribution in [0.1, 0.15) is 57.6 Å². The van der Waals surface area contributed by atoms with Crippen molar-refractivity contribution in [2.24, 2.45) is 5.92 Å². The Hall–Kier alpha value is -1.84. The zero-order chi connectivity index (χ0) is 21.1. The van der Waals surface area contributed by atoms with Gasteiger partial charge in [0.1, 0.15) is 5.75 Å². The Bertz CT molecular complexity index is 821. The molecular weight excluding hydrogens is 370 g/mol. The molecule has 1 heterocycles. The molecule has 0 aromatic heterocycles. The summed E-state index contributed by atoms with van der Waals surface area (Å²) in [5.41, 5.74) is 2.82. The second-order valence-electron chi connectivity index (χ2n) is 9.79. The molecule has 2 fully saturated rings. The minimum absolute atomic E-state index is 0.0502. The molecule has 2 aliphatic rings. The number of fused-ring (bicyclic) bond motifs is 2. The molecule has 0 amide bonds. The van der Waals surface area contributed by atoms with Crippen LogP contribution in [0.25, 0.3) is 0 Å². The smallest absolute Gasteiger partial charge is 0.119 e. The molecule has 1 saturated heterocycles. The fourth-order valence-corrected chi connectivity index (χ4v) is 5.84. The predicted octanol–water partition coefficient (Wildman–Crippen LogP) is 5.21. The summed E-state index contributed by atoms with van der Waals surface area (Å²) in [6.45, 7) is 8.75. The first-order valence-electron chi connectivity index (χ1n) is 11.7. The highest BCUT2D eigenvalue weighted by Crippen LogP contribution is 2.50. The number of rotatable bonds is 7. The van der Waals surface area contributed by atoms with E-state index in [2.05, 4.69) is 80.3 Å². The van der Waals surface area contributed by atoms with E-state index < -0.39 is 0 Å². The maximum atomic E-state index is 10.8. The Morgan fingerprint density at radius 1 is 1.10 bits per heavy atom. The van der Waals surface area contributed by atoms with Gasteiger partial charge in [0.25, 0.3) is 0 Å². The van der Waals surface area contributed by atoms with Crippen LogP contribution in [-0.4, -0.2) is 41.3 Å². The van der Waals surface area contributed by atoms with E-state index in [1.807, 2.05) is 0 Å². The molecule has 3 heteroatoms. The van der Waals surface area contributed by atoms with E-state index >= 15 is 0 Å². The molecule has 2 aromatic rings. The van der Waals surface area contributed by atoms with E-state index in [4.69, 9.17) is 4.74 Å². The molecule has 1 N–H and O–H groups in total. The normalized spacial score (nSPS) is 29.2. The average molecular weight is 408 g/mol. The number of hydrogen-bond donors (Lipinski definition) is 1. The van der Waals surface area contributed by atoms with Crippen molar-refractivity contribution in [1.29, 1.82) is 0 Å². The van der Waals surface area contributed by atoms with Gasteiger partial charge in [0.15, 0.2) is 0 Å². The van der Waals surface area contributed by atoms with Crippen molar-refractivity contribution in [2.45, 2.75) is 76.5 Å². The predicted molar refractivity (Wildman–Crippen MR) is 123 cm³/mol. The Labute approximate surface area is 182 Å². The van der Waals surface area contributed by atoms with Crippen molar-refractivity contribution < 1.29 is 9.84 Å². The summed E-state index contributed by atoms with van der Waals surface area (Å²) in [5.74, 6) is 1.46. The summed E-state index contributed by atoms with van der Waals surface area (Å²) in [6.07, 6.45) is 5.16. The van der Waals surface area contributed by atoms with Gasteiger partial charge < -0.3 is 9.84 Å². The third-order valence-corrected chi connectivity index (χ3v) is 7.25. The first-order chi connectivity index (χ1) is 14.5. The number of ether oxygens (including phenoxy) is 1. The maximum Gasteiger partial charge on any atom is 0.119 e. The fourth-order valence-electron chi connectivity index (χ4n) is 5.84. The van der Waals surface area contributed by atoms with E-state index in [-0.39, 0.29) is 17.6 Å². The number of nitrogens with zero attached hydrogens (tertiary/aromatic N) is 1. The van der Waals surface area contributed by atoms with E-state index in [1.165, 1.54) is 17.5 Å². The number of hydrogen-bond acceptors (Lipinski definition) is 3. The van der Waals surface area contributed by atoms with Crippen molar-refractivity contribution in [3.8, 4) is 5.75 Å². The van der Waals surface area contributed by atoms with Crippen molar-refractivity contribution in [2.75, 3.05) is 13.1 Å². The summed E-state index contributed by atoms with van der Waals surface area (Å²) in [7, 11) is 0. The van der Waals surface area contributed by atoms with Crippen LogP contribution in [-0.2, 0) is 11.8 Å². The molecule has 162 valence electrons. The van der Waals surface area contributed by atoms with Gasteiger partial charge in [-0.15, -0.1) is 0 Å². The molecule has 1 aliphatic carbocycles. The first-order valence-corrected chi connectivity index (χ1v) is 11.7. The number of likely N-dealkylation sites (tertiary alicyclic amines) is 1. The Morgan fingerprint density at radius 2 is 1.90 bits per heavy atom. The molecule has 1 saturated carbocycles. The minimum atomic E-state index is -0.224. The van der Waals surface area contributed by atoms with E-state index in [0.717, 1.165) is 44.5 Å². The van der Waals surface area contributed by atoms with E-state index in [0.29, 0.717) is 12.0 Å². The van der Waals surface area contributed by atoms with Crippen molar-refractivity contribution >= 4 is 0 Å². The van der Waals surface area contributed by atoms with Gasteiger partial charge >= 0.3 is 0 Å². The van der Waals surface area contributed by atoms with Crippen LogP contribution in [0.5, 0.6) is 5.75 Å². The largest absolute Gasteiger partial charge is 0.491 e. The monoisotopic (exact) mass is 407 g/mol. The standard InChI is InChI=1S/C27H37NO2/c1-20(2)30-26-13-7-12-23(15-26)27-17-24(16-25(29)18-27)28(19-21(27)3)14-8-11-22-9-5-4-6-10-22/h4-7,9-10,12-13,15,20-21,24-25,29H,8,11,14,16-19H2,1-3H3/t21-,24+,25?,27-/m0/s1. The SMILES string of the molecule is CC(C)Oc1cccc([C@]23CC(O)C[C@H](C2)N(CCCc2ccccc2)C[C@@H]3C)c1. The number of piperidine rings is 1. The van der Waals surface area contributed by atoms with Gasteiger partial charge in [-0.3, -0.25) is 4.90 Å². The van der Waals surface area contributed by atoms with Crippen LogP contribution < -0.4 is 4.74 Å². The third kappa shape index (κ3) is 4.58. The quantitative estimate of drug-likeness (QED) is 0.684. The summed E-state index contributed by atoms with van der Waals surface area (Å²) >= 11 is 0. The van der Waals surface area contributed by atoms with Crippen LogP contribution in [0.4, 0.5) is 0 Å². The summed E-state index contributed by atoms with van der Waals surface area (Å²) in [5, 5.41) is 10.8. The molecule has 1 unspecified atom stereocenters. The van der Waals surface area contributed by atoms with Crippen LogP contribution in [0, 0.1) is 5.92 Å². The first kappa shape index (κ1) is 21.4. The van der Waals surface area contributed by atoms with Gasteiger partial charge in [0.2, 0.25) is 0 Å². The molecule has 0 spiro atoms. The minimum Gasteiger partial charge on any atom is -0.491 e. The summed E-state index contributed by atoms with van der Waals surface area (Å²) < 4.78 is 5.99. The van der Waals surface area contributed by atoms with Crippen molar-refractivity contribution in [1.82, 2.24) is 4.90 Å². The number of aryl methyl sites for hydroxylation is 1. The highest BCUT2D eigenvalue weighted by molar-refractivity contribution is 5.36. The van der Waals surface area contributed by atoms with Crippen LogP contribution in [0.3, 0.4) is 0 Å². The van der Waals surface area contributed by atoms with Gasteiger partial charge in [0, 0.05) is 18.0 Å². The lowest BCUT2D eigenvalue weighted by Gasteiger charge is -2.56. The van der Waals surface area contributed by atoms with Gasteiger partial charge in [0.05, 0.1) is 12.2 Å². The van der Waals surface area contributed by atoms with E-state index in [1.54, 1.807) is 0 Å². The second kappa shape index (κ2) is 9.11. The fraction of sp³-hybridized carbons (Fsp3) is 0.556. The molecule has 2 bridgehead atoms. The molecule has 4 atom stereocenters. The third-order valence-electron chi connectivity index (χ3n) is 7.25. The molecule has 0 radical (unpaired) electrons. The molecular formula is C27H37NO2. The van der Waals surface area contributed by atoms with Gasteiger partial charge in [-0.25, -0.2) is 0 Å². The number of aliphatic hydroxyl groups excluding tert-OH is 1. The Balaban J connectivity index is 1.49. The number of aliphatic hydroxyl groups is 1. The molecule has 1 aliphatic heterocycles. The van der Waals surface area contributed by atoms with Crippen LogP contribution >= 0.6 is 0 Å². The molecule has 4 rings (SSSR count). The topological polar surface area (TPSA) is 32.7 Å². The van der Waals surface area contributed by atoms with Crippen LogP contribution in [0.15, 0.2) is 54.6 Å². The zero-order valence-corrected chi connectivity index (χ0v) is 18.8. The van der Waals surface area contributed by atoms with Crippen LogP contribution in [0.2, 0.25) is 0 Å². The average Bonchev–Trinajstić information content (AvgIpc) is 2.72. The number of benzene rings is 2. The Morgan fingerprint density at radius 3 is 2.67 bits per heavy atom. The van der Waals surface area contributed by atoms with E-state index in [9.17, 15) is 5.11 Å². The molecule has 3 nitrogen and oxygen atoms in total. The Kier molecular flexibility index (Phi) is 6.50. The van der Waals surface area contributed by atoms with Crippen molar-refractivity contribution in [3.05, 3.63) is 65.7 Å². The molecule has 30 heavy (non-hydrogen) atoms. The highest BCUT2D eigenvalue weighted by atomic mass is 16.5. The highest BCUT2D eigenvalue weighted by Gasteiger charge is 2.50. The summed E-state index contributed by atoms with van der Waals surface area (Å²) in [6, 6.07) is 19.9. The lowest BCUT2D eigenvalue weighted by Crippen LogP contribution is -2.59. The molecule has 2 aromatic carbocycles.